The first kappa shape index (κ1) is 13.2. The van der Waals surface area contributed by atoms with Crippen LogP contribution in [0, 0.1) is 0 Å². The third kappa shape index (κ3) is 2.59. The first-order valence-corrected chi connectivity index (χ1v) is 7.66. The Balaban J connectivity index is 1.90. The lowest BCUT2D eigenvalue weighted by Crippen LogP contribution is -2.13. The van der Waals surface area contributed by atoms with Gasteiger partial charge in [0.1, 0.15) is 5.75 Å². The molecule has 0 amide bonds. The van der Waals surface area contributed by atoms with Gasteiger partial charge in [-0.05, 0) is 51.7 Å². The fourth-order valence-corrected chi connectivity index (χ4v) is 3.50. The molecule has 2 aromatic rings. The van der Waals surface area contributed by atoms with Crippen molar-refractivity contribution in [3.8, 4) is 5.75 Å². The Labute approximate surface area is 128 Å². The van der Waals surface area contributed by atoms with Gasteiger partial charge in [0.15, 0.2) is 4.67 Å². The molecule has 3 rings (SSSR count). The molecule has 2 heterocycles. The van der Waals surface area contributed by atoms with Crippen molar-refractivity contribution in [3.63, 3.8) is 0 Å². The van der Waals surface area contributed by atoms with Gasteiger partial charge in [-0.1, -0.05) is 15.9 Å². The zero-order valence-corrected chi connectivity index (χ0v) is 13.3. The lowest BCUT2D eigenvalue weighted by atomic mass is 9.99. The predicted octanol–water partition coefficient (Wildman–Crippen LogP) is 3.98. The van der Waals surface area contributed by atoms with Gasteiger partial charge in [0.25, 0.3) is 0 Å². The molecule has 0 aliphatic carbocycles. The normalized spacial score (nSPS) is 15.1. The summed E-state index contributed by atoms with van der Waals surface area (Å²) in [7, 11) is 0. The summed E-state index contributed by atoms with van der Waals surface area (Å²) in [6.07, 6.45) is 3.33. The summed E-state index contributed by atoms with van der Waals surface area (Å²) in [5.41, 5.74) is 9.63. The molecule has 0 bridgehead atoms. The second-order valence-electron chi connectivity index (χ2n) is 4.61. The van der Waals surface area contributed by atoms with E-state index in [2.05, 4.69) is 44.0 Å². The van der Waals surface area contributed by atoms with Gasteiger partial charge in [-0.2, -0.15) is 0 Å². The SMILES string of the molecule is NC(Cc1cc(Br)cc2c1OCC2)c1ccoc1Br. The molecule has 0 saturated heterocycles. The van der Waals surface area contributed by atoms with E-state index in [0.29, 0.717) is 4.67 Å². The minimum absolute atomic E-state index is 0.115. The fourth-order valence-electron chi connectivity index (χ4n) is 2.41. The molecular formula is C14H13Br2NO2. The molecule has 3 nitrogen and oxygen atoms in total. The summed E-state index contributed by atoms with van der Waals surface area (Å²) in [6.45, 7) is 0.753. The number of furan rings is 1. The molecule has 19 heavy (non-hydrogen) atoms. The van der Waals surface area contributed by atoms with Gasteiger partial charge in [-0.15, -0.1) is 0 Å². The van der Waals surface area contributed by atoms with E-state index in [4.69, 9.17) is 14.9 Å². The van der Waals surface area contributed by atoms with Crippen LogP contribution in [-0.2, 0) is 12.8 Å². The Hall–Kier alpha value is -0.780. The summed E-state index contributed by atoms with van der Waals surface area (Å²) in [5, 5.41) is 0. The van der Waals surface area contributed by atoms with Crippen LogP contribution in [0.4, 0.5) is 0 Å². The van der Waals surface area contributed by atoms with Gasteiger partial charge in [-0.3, -0.25) is 0 Å². The summed E-state index contributed by atoms with van der Waals surface area (Å²) in [6, 6.07) is 5.98. The summed E-state index contributed by atoms with van der Waals surface area (Å²) in [4.78, 5) is 0. The second-order valence-corrected chi connectivity index (χ2v) is 6.25. The highest BCUT2D eigenvalue weighted by Crippen LogP contribution is 2.36. The maximum absolute atomic E-state index is 6.26. The average molecular weight is 387 g/mol. The Morgan fingerprint density at radius 2 is 2.16 bits per heavy atom. The van der Waals surface area contributed by atoms with Crippen LogP contribution in [0.15, 0.2) is 38.0 Å². The van der Waals surface area contributed by atoms with Crippen LogP contribution >= 0.6 is 31.9 Å². The summed E-state index contributed by atoms with van der Waals surface area (Å²) >= 11 is 6.91. The molecule has 1 aromatic carbocycles. The van der Waals surface area contributed by atoms with E-state index in [1.165, 1.54) is 5.56 Å². The van der Waals surface area contributed by atoms with E-state index in [1.54, 1.807) is 6.26 Å². The highest BCUT2D eigenvalue weighted by atomic mass is 79.9. The number of hydrogen-bond acceptors (Lipinski definition) is 3. The average Bonchev–Trinajstić information content (AvgIpc) is 2.97. The van der Waals surface area contributed by atoms with Crippen LogP contribution in [0.5, 0.6) is 5.75 Å². The van der Waals surface area contributed by atoms with Gasteiger partial charge in [0.05, 0.1) is 12.9 Å². The molecule has 1 unspecified atom stereocenters. The highest BCUT2D eigenvalue weighted by Gasteiger charge is 2.21. The second kappa shape index (κ2) is 5.31. The van der Waals surface area contributed by atoms with Gasteiger partial charge < -0.3 is 14.9 Å². The maximum Gasteiger partial charge on any atom is 0.173 e. The number of halogens is 2. The van der Waals surface area contributed by atoms with Crippen molar-refractivity contribution in [1.29, 1.82) is 0 Å². The summed E-state index contributed by atoms with van der Waals surface area (Å²) < 4.78 is 12.7. The zero-order chi connectivity index (χ0) is 13.4. The van der Waals surface area contributed by atoms with Crippen LogP contribution in [0.1, 0.15) is 22.7 Å². The number of hydrogen-bond donors (Lipinski definition) is 1. The zero-order valence-electron chi connectivity index (χ0n) is 10.2. The first-order chi connectivity index (χ1) is 9.15. The van der Waals surface area contributed by atoms with Crippen LogP contribution in [0.2, 0.25) is 0 Å². The number of benzene rings is 1. The molecule has 0 spiro atoms. The van der Waals surface area contributed by atoms with Gasteiger partial charge in [0.2, 0.25) is 0 Å². The van der Waals surface area contributed by atoms with Crippen molar-refractivity contribution >= 4 is 31.9 Å². The van der Waals surface area contributed by atoms with E-state index in [9.17, 15) is 0 Å². The molecule has 1 atom stereocenters. The van der Waals surface area contributed by atoms with E-state index in [1.807, 2.05) is 6.07 Å². The monoisotopic (exact) mass is 385 g/mol. The molecule has 1 aliphatic rings. The quantitative estimate of drug-likeness (QED) is 0.867. The molecule has 0 fully saturated rings. The Morgan fingerprint density at radius 1 is 1.32 bits per heavy atom. The topological polar surface area (TPSA) is 48.4 Å². The first-order valence-electron chi connectivity index (χ1n) is 6.07. The minimum Gasteiger partial charge on any atom is -0.493 e. The fraction of sp³-hybridized carbons (Fsp3) is 0.286. The molecular weight excluding hydrogens is 374 g/mol. The predicted molar refractivity (Wildman–Crippen MR) is 80.4 cm³/mol. The van der Waals surface area contributed by atoms with Crippen LogP contribution < -0.4 is 10.5 Å². The minimum atomic E-state index is -0.115. The van der Waals surface area contributed by atoms with Gasteiger partial charge in [0, 0.05) is 22.5 Å². The summed E-state index contributed by atoms with van der Waals surface area (Å²) in [5.74, 6) is 0.998. The lowest BCUT2D eigenvalue weighted by molar-refractivity contribution is 0.352. The van der Waals surface area contributed by atoms with E-state index >= 15 is 0 Å². The lowest BCUT2D eigenvalue weighted by Gasteiger charge is -2.14. The molecule has 1 aromatic heterocycles. The molecule has 0 saturated carbocycles. The number of nitrogens with two attached hydrogens (primary N) is 1. The molecule has 2 N–H and O–H groups in total. The number of fused-ring (bicyclic) bond motifs is 1. The van der Waals surface area contributed by atoms with Gasteiger partial charge >= 0.3 is 0 Å². The molecule has 5 heteroatoms. The van der Waals surface area contributed by atoms with E-state index < -0.39 is 0 Å². The van der Waals surface area contributed by atoms with Crippen LogP contribution in [-0.4, -0.2) is 6.61 Å². The van der Waals surface area contributed by atoms with E-state index in [0.717, 1.165) is 40.8 Å². The van der Waals surface area contributed by atoms with Crippen molar-refractivity contribution in [1.82, 2.24) is 0 Å². The Bertz CT molecular complexity index is 609. The van der Waals surface area contributed by atoms with Gasteiger partial charge in [-0.25, -0.2) is 0 Å². The largest absolute Gasteiger partial charge is 0.493 e. The van der Waals surface area contributed by atoms with Crippen molar-refractivity contribution < 1.29 is 9.15 Å². The van der Waals surface area contributed by atoms with Crippen LogP contribution in [0.3, 0.4) is 0 Å². The van der Waals surface area contributed by atoms with Crippen molar-refractivity contribution in [2.75, 3.05) is 6.61 Å². The van der Waals surface area contributed by atoms with Crippen molar-refractivity contribution in [3.05, 3.63) is 50.3 Å². The van der Waals surface area contributed by atoms with E-state index in [-0.39, 0.29) is 6.04 Å². The highest BCUT2D eigenvalue weighted by molar-refractivity contribution is 9.10. The third-order valence-electron chi connectivity index (χ3n) is 3.31. The molecule has 0 radical (unpaired) electrons. The maximum atomic E-state index is 6.26. The van der Waals surface area contributed by atoms with Crippen molar-refractivity contribution in [2.45, 2.75) is 18.9 Å². The standard InChI is InChI=1S/C14H13Br2NO2/c15-10-5-8-1-3-18-13(8)9(6-10)7-12(17)11-2-4-19-14(11)16/h2,4-6,12H,1,3,7,17H2. The number of rotatable bonds is 3. The van der Waals surface area contributed by atoms with Crippen molar-refractivity contribution in [2.24, 2.45) is 5.73 Å². The smallest absolute Gasteiger partial charge is 0.173 e. The molecule has 100 valence electrons. The number of ether oxygens (including phenoxy) is 1. The third-order valence-corrected chi connectivity index (χ3v) is 4.41. The Morgan fingerprint density at radius 3 is 2.89 bits per heavy atom. The Kier molecular flexibility index (Phi) is 3.69. The molecule has 1 aliphatic heterocycles. The van der Waals surface area contributed by atoms with Crippen LogP contribution in [0.25, 0.3) is 0 Å².